The number of aliphatic hydroxyl groups is 2. The number of carbonyl (C=O) groups is 1. The number of benzene rings is 1. The minimum absolute atomic E-state index is 0.0252. The van der Waals surface area contributed by atoms with E-state index in [1.54, 1.807) is 12.1 Å². The van der Waals surface area contributed by atoms with Gasteiger partial charge in [-0.2, -0.15) is 0 Å². The Hall–Kier alpha value is -1.83. The highest BCUT2D eigenvalue weighted by molar-refractivity contribution is 5.94. The standard InChI is InChI=1S/C17H21NO3/c19-11-2-1-4-14-5-3-6-16(12-14)17(21)18-9-7-15(13-20)8-10-18/h3,5-6,12,15,19-20H,2,7-11,13H2. The Kier molecular flexibility index (Phi) is 5.79. The molecule has 1 amide bonds. The second-order valence-corrected chi connectivity index (χ2v) is 5.27. The minimum Gasteiger partial charge on any atom is -0.396 e. The molecule has 1 aliphatic rings. The highest BCUT2D eigenvalue weighted by Gasteiger charge is 2.23. The highest BCUT2D eigenvalue weighted by atomic mass is 16.3. The minimum atomic E-state index is 0.0252. The maximum atomic E-state index is 12.5. The Morgan fingerprint density at radius 2 is 2.05 bits per heavy atom. The highest BCUT2D eigenvalue weighted by Crippen LogP contribution is 2.18. The van der Waals surface area contributed by atoms with Crippen LogP contribution in [0.25, 0.3) is 0 Å². The van der Waals surface area contributed by atoms with Gasteiger partial charge < -0.3 is 15.1 Å². The zero-order chi connectivity index (χ0) is 15.1. The Morgan fingerprint density at radius 3 is 2.71 bits per heavy atom. The van der Waals surface area contributed by atoms with Gasteiger partial charge in [0.2, 0.25) is 0 Å². The topological polar surface area (TPSA) is 60.8 Å². The molecule has 4 nitrogen and oxygen atoms in total. The molecule has 0 bridgehead atoms. The van der Waals surface area contributed by atoms with Crippen molar-refractivity contribution in [3.63, 3.8) is 0 Å². The summed E-state index contributed by atoms with van der Waals surface area (Å²) in [6, 6.07) is 7.29. The molecule has 1 fully saturated rings. The Morgan fingerprint density at radius 1 is 1.29 bits per heavy atom. The molecule has 0 aromatic heterocycles. The van der Waals surface area contributed by atoms with Gasteiger partial charge in [0.1, 0.15) is 0 Å². The van der Waals surface area contributed by atoms with Crippen molar-refractivity contribution >= 4 is 5.91 Å². The normalized spacial score (nSPS) is 15.4. The second kappa shape index (κ2) is 7.82. The van der Waals surface area contributed by atoms with Crippen LogP contribution in [0.5, 0.6) is 0 Å². The van der Waals surface area contributed by atoms with Crippen molar-refractivity contribution in [2.45, 2.75) is 19.3 Å². The molecule has 4 heteroatoms. The van der Waals surface area contributed by atoms with E-state index >= 15 is 0 Å². The molecule has 2 rings (SSSR count). The molecule has 1 aliphatic heterocycles. The number of aliphatic hydroxyl groups excluding tert-OH is 2. The zero-order valence-corrected chi connectivity index (χ0v) is 12.1. The van der Waals surface area contributed by atoms with Crippen LogP contribution in [0.1, 0.15) is 35.2 Å². The summed E-state index contributed by atoms with van der Waals surface area (Å²) < 4.78 is 0. The summed E-state index contributed by atoms with van der Waals surface area (Å²) in [4.78, 5) is 14.3. The first-order valence-corrected chi connectivity index (χ1v) is 7.34. The molecule has 1 aromatic rings. The molecule has 1 saturated heterocycles. The molecule has 0 unspecified atom stereocenters. The first-order chi connectivity index (χ1) is 10.2. The van der Waals surface area contributed by atoms with Gasteiger partial charge in [-0.25, -0.2) is 0 Å². The van der Waals surface area contributed by atoms with E-state index in [1.807, 2.05) is 17.0 Å². The fourth-order valence-corrected chi connectivity index (χ4v) is 2.45. The van der Waals surface area contributed by atoms with E-state index in [-0.39, 0.29) is 19.1 Å². The van der Waals surface area contributed by atoms with Crippen LogP contribution in [-0.4, -0.2) is 47.3 Å². The van der Waals surface area contributed by atoms with Crippen molar-refractivity contribution in [2.24, 2.45) is 5.92 Å². The van der Waals surface area contributed by atoms with Gasteiger partial charge in [0.25, 0.3) is 5.91 Å². The first-order valence-electron chi connectivity index (χ1n) is 7.34. The number of hydrogen-bond donors (Lipinski definition) is 2. The van der Waals surface area contributed by atoms with E-state index in [4.69, 9.17) is 10.2 Å². The molecule has 2 N–H and O–H groups in total. The summed E-state index contributed by atoms with van der Waals surface area (Å²) >= 11 is 0. The van der Waals surface area contributed by atoms with Gasteiger partial charge >= 0.3 is 0 Å². The molecule has 112 valence electrons. The summed E-state index contributed by atoms with van der Waals surface area (Å²) in [5.74, 6) is 6.15. The zero-order valence-electron chi connectivity index (χ0n) is 12.1. The first kappa shape index (κ1) is 15.6. The largest absolute Gasteiger partial charge is 0.396 e. The summed E-state index contributed by atoms with van der Waals surface area (Å²) in [5, 5.41) is 17.9. The Labute approximate surface area is 125 Å². The predicted molar refractivity (Wildman–Crippen MR) is 80.7 cm³/mol. The Balaban J connectivity index is 2.03. The number of likely N-dealkylation sites (tertiary alicyclic amines) is 1. The van der Waals surface area contributed by atoms with Crippen molar-refractivity contribution in [3.05, 3.63) is 35.4 Å². The number of nitrogens with zero attached hydrogens (tertiary/aromatic N) is 1. The lowest BCUT2D eigenvalue weighted by molar-refractivity contribution is 0.0651. The smallest absolute Gasteiger partial charge is 0.253 e. The van der Waals surface area contributed by atoms with Crippen molar-refractivity contribution in [1.82, 2.24) is 4.90 Å². The van der Waals surface area contributed by atoms with Gasteiger partial charge in [0, 0.05) is 37.2 Å². The fourth-order valence-electron chi connectivity index (χ4n) is 2.45. The van der Waals surface area contributed by atoms with E-state index in [9.17, 15) is 4.79 Å². The summed E-state index contributed by atoms with van der Waals surface area (Å²) in [6.45, 7) is 1.65. The average molecular weight is 287 g/mol. The van der Waals surface area contributed by atoms with Gasteiger partial charge in [-0.3, -0.25) is 4.79 Å². The second-order valence-electron chi connectivity index (χ2n) is 5.27. The van der Waals surface area contributed by atoms with Gasteiger partial charge in [-0.15, -0.1) is 0 Å². The lowest BCUT2D eigenvalue weighted by atomic mass is 9.97. The third-order valence-electron chi connectivity index (χ3n) is 3.74. The van der Waals surface area contributed by atoms with Crippen LogP contribution >= 0.6 is 0 Å². The van der Waals surface area contributed by atoms with E-state index in [0.717, 1.165) is 18.4 Å². The number of hydrogen-bond acceptors (Lipinski definition) is 3. The Bertz CT molecular complexity index is 536. The quantitative estimate of drug-likeness (QED) is 0.823. The molecule has 21 heavy (non-hydrogen) atoms. The fraction of sp³-hybridized carbons (Fsp3) is 0.471. The molecule has 0 spiro atoms. The van der Waals surface area contributed by atoms with Crippen molar-refractivity contribution < 1.29 is 15.0 Å². The number of carbonyl (C=O) groups excluding carboxylic acids is 1. The molecule has 0 aliphatic carbocycles. The van der Waals surface area contributed by atoms with Gasteiger partial charge in [0.05, 0.1) is 6.61 Å². The van der Waals surface area contributed by atoms with Crippen molar-refractivity contribution in [3.8, 4) is 11.8 Å². The molecular formula is C17H21NO3. The lowest BCUT2D eigenvalue weighted by Gasteiger charge is -2.31. The van der Waals surface area contributed by atoms with E-state index in [2.05, 4.69) is 11.8 Å². The van der Waals surface area contributed by atoms with Crippen LogP contribution in [0.15, 0.2) is 24.3 Å². The van der Waals surface area contributed by atoms with Crippen LogP contribution in [0.4, 0.5) is 0 Å². The van der Waals surface area contributed by atoms with Crippen molar-refractivity contribution in [1.29, 1.82) is 0 Å². The van der Waals surface area contributed by atoms with Crippen LogP contribution < -0.4 is 0 Å². The molecule has 1 aromatic carbocycles. The molecule has 0 saturated carbocycles. The van der Waals surface area contributed by atoms with E-state index in [0.29, 0.717) is 31.0 Å². The van der Waals surface area contributed by atoms with Crippen LogP contribution in [0.3, 0.4) is 0 Å². The monoisotopic (exact) mass is 287 g/mol. The maximum absolute atomic E-state index is 12.5. The predicted octanol–water partition coefficient (Wildman–Crippen LogP) is 1.27. The average Bonchev–Trinajstić information content (AvgIpc) is 2.55. The number of piperidine rings is 1. The molecule has 0 atom stereocenters. The summed E-state index contributed by atoms with van der Waals surface area (Å²) in [5.41, 5.74) is 1.44. The van der Waals surface area contributed by atoms with Gasteiger partial charge in [-0.05, 0) is 37.0 Å². The van der Waals surface area contributed by atoms with Crippen LogP contribution in [0, 0.1) is 17.8 Å². The summed E-state index contributed by atoms with van der Waals surface area (Å²) in [7, 11) is 0. The van der Waals surface area contributed by atoms with Crippen LogP contribution in [-0.2, 0) is 0 Å². The molecular weight excluding hydrogens is 266 g/mol. The van der Waals surface area contributed by atoms with Gasteiger partial charge in [-0.1, -0.05) is 17.9 Å². The number of amides is 1. The van der Waals surface area contributed by atoms with Crippen molar-refractivity contribution in [2.75, 3.05) is 26.3 Å². The van der Waals surface area contributed by atoms with E-state index < -0.39 is 0 Å². The van der Waals surface area contributed by atoms with Gasteiger partial charge in [0.15, 0.2) is 0 Å². The molecule has 1 heterocycles. The summed E-state index contributed by atoms with van der Waals surface area (Å²) in [6.07, 6.45) is 2.16. The number of rotatable bonds is 3. The third kappa shape index (κ3) is 4.32. The maximum Gasteiger partial charge on any atom is 0.253 e. The van der Waals surface area contributed by atoms with Crippen LogP contribution in [0.2, 0.25) is 0 Å². The third-order valence-corrected chi connectivity index (χ3v) is 3.74. The SMILES string of the molecule is O=C(c1cccc(C#CCCO)c1)N1CCC(CO)CC1. The lowest BCUT2D eigenvalue weighted by Crippen LogP contribution is -2.39. The molecule has 0 radical (unpaired) electrons. The van der Waals surface area contributed by atoms with E-state index in [1.165, 1.54) is 0 Å².